The fourth-order valence-corrected chi connectivity index (χ4v) is 3.38. The molecule has 132 valence electrons. The summed E-state index contributed by atoms with van der Waals surface area (Å²) in [5.41, 5.74) is 4.64. The van der Waals surface area contributed by atoms with E-state index in [4.69, 9.17) is 4.74 Å². The summed E-state index contributed by atoms with van der Waals surface area (Å²) in [4.78, 5) is 10.7. The van der Waals surface area contributed by atoms with Gasteiger partial charge in [-0.2, -0.15) is 0 Å². The first-order chi connectivity index (χ1) is 12.5. The number of phenolic OH excluding ortho intramolecular Hbond substituents is 1. The van der Waals surface area contributed by atoms with Crippen LogP contribution in [0.4, 0.5) is 0 Å². The number of aromatic hydroxyl groups is 1. The Bertz CT molecular complexity index is 931. The van der Waals surface area contributed by atoms with Crippen LogP contribution < -0.4 is 4.74 Å². The number of hydrogen-bond acceptors (Lipinski definition) is 3. The van der Waals surface area contributed by atoms with Gasteiger partial charge in [-0.3, -0.25) is 4.79 Å². The smallest absolute Gasteiger partial charge is 0.298 e. The molecule has 0 fully saturated rings. The van der Waals surface area contributed by atoms with Gasteiger partial charge in [0.05, 0.1) is 0 Å². The number of ether oxygens (including phenoxy) is 1. The molecule has 0 aliphatic rings. The Labute approximate surface area is 153 Å². The van der Waals surface area contributed by atoms with Crippen molar-refractivity contribution >= 4 is 6.47 Å². The van der Waals surface area contributed by atoms with Gasteiger partial charge in [0.25, 0.3) is 6.47 Å². The summed E-state index contributed by atoms with van der Waals surface area (Å²) >= 11 is 0. The van der Waals surface area contributed by atoms with Gasteiger partial charge in [0.2, 0.25) is 0 Å². The van der Waals surface area contributed by atoms with E-state index in [0.717, 1.165) is 27.8 Å². The Morgan fingerprint density at radius 2 is 1.46 bits per heavy atom. The summed E-state index contributed by atoms with van der Waals surface area (Å²) in [6.07, 6.45) is 0. The third-order valence-electron chi connectivity index (χ3n) is 5.05. The minimum Gasteiger partial charge on any atom is -0.508 e. The lowest BCUT2D eigenvalue weighted by molar-refractivity contribution is -0.120. The average Bonchev–Trinajstić information content (AvgIpc) is 2.66. The molecule has 0 amide bonds. The average molecular weight is 346 g/mol. The number of aryl methyl sites for hydroxylation is 2. The second kappa shape index (κ2) is 7.04. The van der Waals surface area contributed by atoms with E-state index in [1.807, 2.05) is 62.4 Å². The van der Waals surface area contributed by atoms with Gasteiger partial charge in [-0.25, -0.2) is 0 Å². The van der Waals surface area contributed by atoms with Crippen molar-refractivity contribution < 1.29 is 14.6 Å². The largest absolute Gasteiger partial charge is 0.508 e. The molecule has 0 bridgehead atoms. The predicted octanol–water partition coefficient (Wildman–Crippen LogP) is 4.90. The first kappa shape index (κ1) is 17.7. The van der Waals surface area contributed by atoms with E-state index < -0.39 is 5.41 Å². The summed E-state index contributed by atoms with van der Waals surface area (Å²) in [7, 11) is 0. The van der Waals surface area contributed by atoms with Crippen LogP contribution in [0.5, 0.6) is 11.5 Å². The molecule has 0 aliphatic carbocycles. The molecule has 0 spiro atoms. The molecular formula is C23H22O3. The van der Waals surface area contributed by atoms with E-state index >= 15 is 0 Å². The molecule has 0 aliphatic heterocycles. The van der Waals surface area contributed by atoms with Crippen LogP contribution in [0.15, 0.2) is 66.7 Å². The molecule has 0 aromatic heterocycles. The van der Waals surface area contributed by atoms with Gasteiger partial charge in [-0.05, 0) is 60.7 Å². The van der Waals surface area contributed by atoms with E-state index in [1.54, 1.807) is 6.07 Å². The summed E-state index contributed by atoms with van der Waals surface area (Å²) in [6, 6.07) is 21.8. The van der Waals surface area contributed by atoms with Crippen LogP contribution in [0.2, 0.25) is 0 Å². The second-order valence-electron chi connectivity index (χ2n) is 6.69. The van der Waals surface area contributed by atoms with Gasteiger partial charge in [0, 0.05) is 5.41 Å². The normalized spacial score (nSPS) is 13.0. The summed E-state index contributed by atoms with van der Waals surface area (Å²) in [5, 5.41) is 9.94. The molecule has 26 heavy (non-hydrogen) atoms. The Morgan fingerprint density at radius 3 is 2.04 bits per heavy atom. The highest BCUT2D eigenvalue weighted by Crippen LogP contribution is 2.41. The molecule has 0 saturated carbocycles. The monoisotopic (exact) mass is 346 g/mol. The molecule has 0 heterocycles. The van der Waals surface area contributed by atoms with E-state index in [-0.39, 0.29) is 5.75 Å². The minimum atomic E-state index is -0.413. The van der Waals surface area contributed by atoms with E-state index in [2.05, 4.69) is 19.1 Å². The van der Waals surface area contributed by atoms with Crippen molar-refractivity contribution in [2.75, 3.05) is 0 Å². The maximum absolute atomic E-state index is 10.7. The number of carbonyl (C=O) groups excluding carboxylic acids is 1. The van der Waals surface area contributed by atoms with Crippen LogP contribution in [0.3, 0.4) is 0 Å². The maximum atomic E-state index is 10.7. The molecule has 1 atom stereocenters. The molecule has 0 radical (unpaired) electrons. The van der Waals surface area contributed by atoms with Gasteiger partial charge in [0.1, 0.15) is 11.5 Å². The van der Waals surface area contributed by atoms with Crippen molar-refractivity contribution in [1.29, 1.82) is 0 Å². The number of carbonyl (C=O) groups is 1. The molecular weight excluding hydrogens is 324 g/mol. The molecule has 3 heteroatoms. The van der Waals surface area contributed by atoms with Gasteiger partial charge < -0.3 is 9.84 Å². The van der Waals surface area contributed by atoms with Gasteiger partial charge >= 0.3 is 0 Å². The van der Waals surface area contributed by atoms with E-state index in [1.165, 1.54) is 0 Å². The summed E-state index contributed by atoms with van der Waals surface area (Å²) in [6.45, 7) is 6.44. The van der Waals surface area contributed by atoms with E-state index in [9.17, 15) is 9.90 Å². The molecule has 1 N–H and O–H groups in total. The van der Waals surface area contributed by atoms with Crippen LogP contribution in [0.25, 0.3) is 0 Å². The lowest BCUT2D eigenvalue weighted by Gasteiger charge is -2.32. The Balaban J connectivity index is 2.23. The molecule has 1 unspecified atom stereocenters. The van der Waals surface area contributed by atoms with Crippen LogP contribution in [0.1, 0.15) is 34.7 Å². The predicted molar refractivity (Wildman–Crippen MR) is 103 cm³/mol. The highest BCUT2D eigenvalue weighted by molar-refractivity contribution is 5.55. The molecule has 3 rings (SSSR count). The van der Waals surface area contributed by atoms with Crippen LogP contribution in [-0.2, 0) is 10.2 Å². The maximum Gasteiger partial charge on any atom is 0.298 e. The lowest BCUT2D eigenvalue weighted by Crippen LogP contribution is -2.25. The lowest BCUT2D eigenvalue weighted by atomic mass is 9.70. The third kappa shape index (κ3) is 3.08. The Morgan fingerprint density at radius 1 is 0.846 bits per heavy atom. The Hall–Kier alpha value is -3.07. The standard InChI is InChI=1S/C23H22O3/c1-16-13-19(9-11-21(16)25)23(3,18-7-5-4-6-8-18)20-10-12-22(26-15-24)17(2)14-20/h4-15,25H,1-3H3. The number of phenols is 1. The zero-order chi connectivity index (χ0) is 18.7. The van der Waals surface area contributed by atoms with Crippen molar-refractivity contribution in [3.05, 3.63) is 94.5 Å². The van der Waals surface area contributed by atoms with Gasteiger partial charge in [-0.1, -0.05) is 54.6 Å². The molecule has 3 nitrogen and oxygen atoms in total. The summed E-state index contributed by atoms with van der Waals surface area (Å²) < 4.78 is 5.04. The zero-order valence-electron chi connectivity index (χ0n) is 15.2. The van der Waals surface area contributed by atoms with Crippen molar-refractivity contribution in [1.82, 2.24) is 0 Å². The van der Waals surface area contributed by atoms with E-state index in [0.29, 0.717) is 12.2 Å². The fourth-order valence-electron chi connectivity index (χ4n) is 3.38. The Kier molecular flexibility index (Phi) is 4.81. The molecule has 3 aromatic carbocycles. The summed E-state index contributed by atoms with van der Waals surface area (Å²) in [5.74, 6) is 0.844. The van der Waals surface area contributed by atoms with Crippen LogP contribution in [-0.4, -0.2) is 11.6 Å². The third-order valence-corrected chi connectivity index (χ3v) is 5.05. The highest BCUT2D eigenvalue weighted by atomic mass is 16.5. The van der Waals surface area contributed by atoms with Crippen molar-refractivity contribution in [3.8, 4) is 11.5 Å². The first-order valence-electron chi connectivity index (χ1n) is 8.54. The minimum absolute atomic E-state index is 0.287. The van der Waals surface area contributed by atoms with Gasteiger partial charge in [0.15, 0.2) is 0 Å². The number of rotatable bonds is 5. The number of benzene rings is 3. The van der Waals surface area contributed by atoms with Gasteiger partial charge in [-0.15, -0.1) is 0 Å². The van der Waals surface area contributed by atoms with Crippen LogP contribution >= 0.6 is 0 Å². The second-order valence-corrected chi connectivity index (χ2v) is 6.69. The van der Waals surface area contributed by atoms with Crippen molar-refractivity contribution in [3.63, 3.8) is 0 Å². The van der Waals surface area contributed by atoms with Crippen LogP contribution in [0, 0.1) is 13.8 Å². The fraction of sp³-hybridized carbons (Fsp3) is 0.174. The molecule has 0 saturated heterocycles. The number of hydrogen-bond donors (Lipinski definition) is 1. The highest BCUT2D eigenvalue weighted by Gasteiger charge is 2.31. The topological polar surface area (TPSA) is 46.5 Å². The zero-order valence-corrected chi connectivity index (χ0v) is 15.2. The SMILES string of the molecule is Cc1cc(C(C)(c2ccccc2)c2ccc(OC=O)c(C)c2)ccc1O. The van der Waals surface area contributed by atoms with Crippen molar-refractivity contribution in [2.24, 2.45) is 0 Å². The molecule has 3 aromatic rings. The van der Waals surface area contributed by atoms with Crippen molar-refractivity contribution in [2.45, 2.75) is 26.2 Å². The quantitative estimate of drug-likeness (QED) is 0.528. The first-order valence-corrected chi connectivity index (χ1v) is 8.54.